The van der Waals surface area contributed by atoms with Crippen molar-refractivity contribution in [3.8, 4) is 5.75 Å². The van der Waals surface area contributed by atoms with E-state index >= 15 is 0 Å². The molecule has 2 amide bonds. The molecule has 7 nitrogen and oxygen atoms in total. The van der Waals surface area contributed by atoms with Crippen LogP contribution < -0.4 is 16.0 Å². The van der Waals surface area contributed by atoms with Gasteiger partial charge in [-0.15, -0.1) is 0 Å². The van der Waals surface area contributed by atoms with Gasteiger partial charge >= 0.3 is 6.18 Å². The third-order valence-electron chi connectivity index (χ3n) is 8.05. The van der Waals surface area contributed by atoms with E-state index in [-0.39, 0.29) is 46.0 Å². The minimum absolute atomic E-state index is 0.110. The molecule has 43 heavy (non-hydrogen) atoms. The van der Waals surface area contributed by atoms with Gasteiger partial charge in [0.25, 0.3) is 5.91 Å². The summed E-state index contributed by atoms with van der Waals surface area (Å²) in [4.78, 5) is 39.9. The highest BCUT2D eigenvalue weighted by Gasteiger charge is 2.43. The predicted molar refractivity (Wildman–Crippen MR) is 161 cm³/mol. The van der Waals surface area contributed by atoms with Crippen molar-refractivity contribution in [1.29, 1.82) is 0 Å². The van der Waals surface area contributed by atoms with Crippen molar-refractivity contribution < 1.29 is 32.7 Å². The van der Waals surface area contributed by atoms with Gasteiger partial charge in [-0.2, -0.15) is 13.2 Å². The zero-order valence-electron chi connectivity index (χ0n) is 23.2. The summed E-state index contributed by atoms with van der Waals surface area (Å²) in [6, 6.07) is 3.11. The van der Waals surface area contributed by atoms with E-state index in [0.717, 1.165) is 44.9 Å². The summed E-state index contributed by atoms with van der Waals surface area (Å²) in [7, 11) is 0. The van der Waals surface area contributed by atoms with Crippen molar-refractivity contribution in [2.24, 2.45) is 5.92 Å². The molecule has 0 heterocycles. The van der Waals surface area contributed by atoms with Crippen LogP contribution in [0.2, 0.25) is 10.0 Å². The van der Waals surface area contributed by atoms with Crippen LogP contribution in [0.3, 0.4) is 0 Å². The standard InChI is InChI=1S/C30H33BrCl2F3N3O4/c31-19-8-4-7-18(15-19)27(30(34,35)36)38-24(14-17-11-21(32)25(40)22(33)12-17)28(42)39-23(13-16-5-3-6-16)26(41)29(43)37-20-9-1-2-10-20/h4,7-8,11-12,15-16,20,23-24,27,38,40H,1-3,5-6,9-10,13-14H2,(H,37,43)(H,39,42)/t23-,24-,27-/m0/s1. The Morgan fingerprint density at radius 3 is 2.19 bits per heavy atom. The molecule has 2 aromatic carbocycles. The minimum atomic E-state index is -4.80. The first-order valence-corrected chi connectivity index (χ1v) is 15.8. The molecule has 234 valence electrons. The van der Waals surface area contributed by atoms with Crippen LogP contribution in [0.25, 0.3) is 0 Å². The van der Waals surface area contributed by atoms with Gasteiger partial charge in [-0.25, -0.2) is 0 Å². The number of benzene rings is 2. The Kier molecular flexibility index (Phi) is 11.4. The van der Waals surface area contributed by atoms with Crippen molar-refractivity contribution in [3.63, 3.8) is 0 Å². The number of hydrogen-bond acceptors (Lipinski definition) is 5. The van der Waals surface area contributed by atoms with Crippen molar-refractivity contribution >= 4 is 56.7 Å². The van der Waals surface area contributed by atoms with E-state index in [1.807, 2.05) is 0 Å². The number of carbonyl (C=O) groups excluding carboxylic acids is 3. The van der Waals surface area contributed by atoms with Crippen LogP contribution in [-0.4, -0.2) is 47.0 Å². The van der Waals surface area contributed by atoms with Crippen molar-refractivity contribution in [1.82, 2.24) is 16.0 Å². The molecule has 2 saturated carbocycles. The first-order chi connectivity index (χ1) is 20.3. The highest BCUT2D eigenvalue weighted by atomic mass is 79.9. The maximum Gasteiger partial charge on any atom is 0.407 e. The quantitative estimate of drug-likeness (QED) is 0.187. The van der Waals surface area contributed by atoms with E-state index in [1.165, 1.54) is 30.3 Å². The third kappa shape index (κ3) is 9.09. The lowest BCUT2D eigenvalue weighted by molar-refractivity contribution is -0.161. The summed E-state index contributed by atoms with van der Waals surface area (Å²) in [5.74, 6) is -2.81. The second kappa shape index (κ2) is 14.6. The number of carbonyl (C=O) groups is 3. The summed E-state index contributed by atoms with van der Waals surface area (Å²) in [6.45, 7) is 0. The van der Waals surface area contributed by atoms with Crippen molar-refractivity contribution in [2.45, 2.75) is 88.1 Å². The molecule has 13 heteroatoms. The van der Waals surface area contributed by atoms with E-state index in [4.69, 9.17) is 23.2 Å². The zero-order valence-corrected chi connectivity index (χ0v) is 26.3. The van der Waals surface area contributed by atoms with Gasteiger partial charge < -0.3 is 15.7 Å². The highest BCUT2D eigenvalue weighted by Crippen LogP contribution is 2.36. The topological polar surface area (TPSA) is 108 Å². The van der Waals surface area contributed by atoms with Gasteiger partial charge in [0.1, 0.15) is 6.04 Å². The number of phenols is 1. The third-order valence-corrected chi connectivity index (χ3v) is 9.12. The molecular formula is C30H33BrCl2F3N3O4. The van der Waals surface area contributed by atoms with Crippen LogP contribution in [0, 0.1) is 5.92 Å². The van der Waals surface area contributed by atoms with Gasteiger partial charge in [0.2, 0.25) is 11.7 Å². The Morgan fingerprint density at radius 1 is 0.977 bits per heavy atom. The molecular weight excluding hydrogens is 674 g/mol. The van der Waals surface area contributed by atoms with Crippen LogP contribution in [0.15, 0.2) is 40.9 Å². The van der Waals surface area contributed by atoms with Crippen LogP contribution in [0.1, 0.15) is 68.5 Å². The summed E-state index contributed by atoms with van der Waals surface area (Å²) in [5, 5.41) is 17.5. The van der Waals surface area contributed by atoms with Gasteiger partial charge in [-0.1, -0.05) is 83.4 Å². The van der Waals surface area contributed by atoms with Crippen LogP contribution in [0.4, 0.5) is 13.2 Å². The molecule has 0 unspecified atom stereocenters. The van der Waals surface area contributed by atoms with E-state index in [1.54, 1.807) is 6.07 Å². The number of Topliss-reactive ketones (excluding diaryl/α,β-unsaturated/α-hetero) is 1. The SMILES string of the molecule is O=C(NC1CCCC1)C(=O)[C@H](CC1CCC1)NC(=O)[C@H](Cc1cc(Cl)c(O)c(Cl)c1)N[C@@H](c1cccc(Br)c1)C(F)(F)F. The largest absolute Gasteiger partial charge is 0.505 e. The Balaban J connectivity index is 1.62. The lowest BCUT2D eigenvalue weighted by atomic mass is 9.80. The fourth-order valence-electron chi connectivity index (χ4n) is 5.52. The number of amides is 2. The van der Waals surface area contributed by atoms with Crippen LogP contribution >= 0.6 is 39.1 Å². The number of rotatable bonds is 12. The zero-order chi connectivity index (χ0) is 31.3. The fraction of sp³-hybridized carbons (Fsp3) is 0.500. The van der Waals surface area contributed by atoms with E-state index in [0.29, 0.717) is 4.47 Å². The summed E-state index contributed by atoms with van der Waals surface area (Å²) < 4.78 is 43.6. The average molecular weight is 707 g/mol. The lowest BCUT2D eigenvalue weighted by Crippen LogP contribution is -2.56. The summed E-state index contributed by atoms with van der Waals surface area (Å²) in [6.07, 6.45) is 1.12. The number of aromatic hydroxyl groups is 1. The first kappa shape index (κ1) is 33.6. The molecule has 0 spiro atoms. The van der Waals surface area contributed by atoms with Gasteiger partial charge in [-0.3, -0.25) is 19.7 Å². The second-order valence-electron chi connectivity index (χ2n) is 11.3. The molecule has 0 bridgehead atoms. The molecule has 2 aliphatic carbocycles. The Morgan fingerprint density at radius 2 is 1.63 bits per heavy atom. The highest BCUT2D eigenvalue weighted by molar-refractivity contribution is 9.10. The molecule has 0 radical (unpaired) electrons. The van der Waals surface area contributed by atoms with Gasteiger partial charge in [0.05, 0.1) is 22.1 Å². The maximum absolute atomic E-state index is 14.4. The molecule has 4 rings (SSSR count). The molecule has 0 saturated heterocycles. The Labute approximate surface area is 266 Å². The number of nitrogens with one attached hydrogen (secondary N) is 3. The van der Waals surface area contributed by atoms with E-state index < -0.39 is 47.6 Å². The maximum atomic E-state index is 14.4. The molecule has 2 fully saturated rings. The van der Waals surface area contributed by atoms with Gasteiger partial charge in [0.15, 0.2) is 5.75 Å². The van der Waals surface area contributed by atoms with E-state index in [2.05, 4.69) is 31.9 Å². The van der Waals surface area contributed by atoms with Gasteiger partial charge in [-0.05, 0) is 67.0 Å². The van der Waals surface area contributed by atoms with Gasteiger partial charge in [0, 0.05) is 10.5 Å². The number of ketones is 1. The Hall–Kier alpha value is -2.34. The van der Waals surface area contributed by atoms with Crippen molar-refractivity contribution in [3.05, 3.63) is 62.0 Å². The normalized spacial score (nSPS) is 18.0. The second-order valence-corrected chi connectivity index (χ2v) is 13.0. The number of alkyl halides is 3. The number of halogens is 6. The molecule has 2 aromatic rings. The number of phenolic OH excluding ortho intramolecular Hbond substituents is 1. The Bertz CT molecular complexity index is 1310. The first-order valence-electron chi connectivity index (χ1n) is 14.2. The van der Waals surface area contributed by atoms with E-state index in [9.17, 15) is 32.7 Å². The molecule has 4 N–H and O–H groups in total. The summed E-state index contributed by atoms with van der Waals surface area (Å²) >= 11 is 15.3. The molecule has 2 aliphatic rings. The van der Waals surface area contributed by atoms with Crippen LogP contribution in [0.5, 0.6) is 5.75 Å². The fourth-order valence-corrected chi connectivity index (χ4v) is 6.47. The molecule has 3 atom stereocenters. The number of hydrogen-bond donors (Lipinski definition) is 4. The van der Waals surface area contributed by atoms with Crippen LogP contribution in [-0.2, 0) is 20.8 Å². The monoisotopic (exact) mass is 705 g/mol. The minimum Gasteiger partial charge on any atom is -0.505 e. The smallest absolute Gasteiger partial charge is 0.407 e. The predicted octanol–water partition coefficient (Wildman–Crippen LogP) is 6.57. The van der Waals surface area contributed by atoms with Crippen molar-refractivity contribution in [2.75, 3.05) is 0 Å². The molecule has 0 aliphatic heterocycles. The summed E-state index contributed by atoms with van der Waals surface area (Å²) in [5.41, 5.74) is 0.135. The average Bonchev–Trinajstić information content (AvgIpc) is 3.42. The molecule has 0 aromatic heterocycles. The lowest BCUT2D eigenvalue weighted by Gasteiger charge is -2.32.